The standard InChI is InChI=1S/C18H16BN5O3/c1-27-18-6-13(17-8-21-9-22-17)12(5-14(18)19(25)26)10-2-3-11-15(20)7-23-24-16(11)4-10/h2-9,25-26H,1H3,(H2,20,24)(H,21,22). The van der Waals surface area contributed by atoms with E-state index >= 15 is 0 Å². The maximum absolute atomic E-state index is 9.75. The third-order valence-electron chi connectivity index (χ3n) is 4.42. The molecule has 2 aromatic carbocycles. The number of nitrogens with one attached hydrogen (secondary N) is 1. The molecule has 0 aliphatic heterocycles. The van der Waals surface area contributed by atoms with Gasteiger partial charge in [-0.25, -0.2) is 4.98 Å². The lowest BCUT2D eigenvalue weighted by atomic mass is 9.77. The third-order valence-corrected chi connectivity index (χ3v) is 4.42. The van der Waals surface area contributed by atoms with Crippen molar-refractivity contribution >= 4 is 29.2 Å². The molecule has 0 fully saturated rings. The fourth-order valence-electron chi connectivity index (χ4n) is 3.09. The van der Waals surface area contributed by atoms with Crippen LogP contribution in [-0.2, 0) is 0 Å². The second-order valence-electron chi connectivity index (χ2n) is 6.01. The summed E-state index contributed by atoms with van der Waals surface area (Å²) in [5.41, 5.74) is 10.5. The third kappa shape index (κ3) is 2.99. The monoisotopic (exact) mass is 361 g/mol. The average molecular weight is 361 g/mol. The van der Waals surface area contributed by atoms with E-state index in [0.29, 0.717) is 17.0 Å². The van der Waals surface area contributed by atoms with Crippen LogP contribution in [0.3, 0.4) is 0 Å². The Kier molecular flexibility index (Phi) is 4.23. The molecular weight excluding hydrogens is 345 g/mol. The summed E-state index contributed by atoms with van der Waals surface area (Å²) >= 11 is 0. The second kappa shape index (κ2) is 6.71. The highest BCUT2D eigenvalue weighted by Crippen LogP contribution is 2.35. The topological polar surface area (TPSA) is 130 Å². The molecule has 0 aliphatic carbocycles. The predicted molar refractivity (Wildman–Crippen MR) is 103 cm³/mol. The van der Waals surface area contributed by atoms with E-state index in [0.717, 1.165) is 27.8 Å². The number of H-pyrrole nitrogens is 1. The first-order valence-corrected chi connectivity index (χ1v) is 8.16. The van der Waals surface area contributed by atoms with E-state index in [2.05, 4.69) is 20.2 Å². The van der Waals surface area contributed by atoms with Crippen molar-refractivity contribution in [2.24, 2.45) is 0 Å². The van der Waals surface area contributed by atoms with Crippen LogP contribution in [0.1, 0.15) is 0 Å². The lowest BCUT2D eigenvalue weighted by Gasteiger charge is -2.15. The van der Waals surface area contributed by atoms with Gasteiger partial charge in [0.15, 0.2) is 0 Å². The van der Waals surface area contributed by atoms with Crippen LogP contribution in [0.5, 0.6) is 5.75 Å². The number of methoxy groups -OCH3 is 1. The van der Waals surface area contributed by atoms with E-state index in [4.69, 9.17) is 10.5 Å². The van der Waals surface area contributed by atoms with Gasteiger partial charge in [0, 0.05) is 16.4 Å². The molecule has 0 amide bonds. The first-order chi connectivity index (χ1) is 13.1. The quantitative estimate of drug-likeness (QED) is 0.398. The summed E-state index contributed by atoms with van der Waals surface area (Å²) in [6.45, 7) is 0. The van der Waals surface area contributed by atoms with Gasteiger partial charge in [0.05, 0.1) is 42.7 Å². The molecule has 0 aliphatic rings. The number of anilines is 1. The SMILES string of the molecule is COc1cc(-c2cnc[nH]2)c(-c2ccc3c(N)cnnc3c2)cc1B(O)O. The van der Waals surface area contributed by atoms with Crippen molar-refractivity contribution in [3.8, 4) is 28.1 Å². The van der Waals surface area contributed by atoms with E-state index in [1.165, 1.54) is 13.3 Å². The van der Waals surface area contributed by atoms with Gasteiger partial charge in [0.2, 0.25) is 0 Å². The highest BCUT2D eigenvalue weighted by Gasteiger charge is 2.22. The molecular formula is C18H16BN5O3. The molecule has 5 N–H and O–H groups in total. The van der Waals surface area contributed by atoms with Gasteiger partial charge in [-0.05, 0) is 29.3 Å². The predicted octanol–water partition coefficient (Wildman–Crippen LogP) is 0.957. The van der Waals surface area contributed by atoms with Crippen LogP contribution in [0.15, 0.2) is 49.1 Å². The number of hydrogen-bond acceptors (Lipinski definition) is 7. The van der Waals surface area contributed by atoms with Crippen molar-refractivity contribution in [1.82, 2.24) is 20.2 Å². The lowest BCUT2D eigenvalue weighted by molar-refractivity contribution is 0.403. The minimum absolute atomic E-state index is 0.259. The van der Waals surface area contributed by atoms with Gasteiger partial charge < -0.3 is 25.5 Å². The van der Waals surface area contributed by atoms with Crippen LogP contribution in [0.4, 0.5) is 5.69 Å². The molecule has 0 spiro atoms. The molecule has 0 unspecified atom stereocenters. The van der Waals surface area contributed by atoms with Crippen molar-refractivity contribution < 1.29 is 14.8 Å². The molecule has 2 heterocycles. The maximum Gasteiger partial charge on any atom is 0.492 e. The molecule has 4 rings (SSSR count). The van der Waals surface area contributed by atoms with E-state index in [1.807, 2.05) is 18.2 Å². The molecule has 0 radical (unpaired) electrons. The number of nitrogens with zero attached hydrogens (tertiary/aromatic N) is 3. The molecule has 27 heavy (non-hydrogen) atoms. The van der Waals surface area contributed by atoms with Gasteiger partial charge in [-0.3, -0.25) is 0 Å². The molecule has 0 bridgehead atoms. The van der Waals surface area contributed by atoms with Crippen molar-refractivity contribution in [1.29, 1.82) is 0 Å². The number of ether oxygens (including phenoxy) is 1. The zero-order chi connectivity index (χ0) is 19.0. The summed E-state index contributed by atoms with van der Waals surface area (Å²) in [7, 11) is -0.197. The van der Waals surface area contributed by atoms with Crippen LogP contribution < -0.4 is 15.9 Å². The van der Waals surface area contributed by atoms with Gasteiger partial charge in [-0.1, -0.05) is 12.1 Å². The Bertz CT molecular complexity index is 1120. The Morgan fingerprint density at radius 3 is 2.67 bits per heavy atom. The Hall–Kier alpha value is -3.43. The zero-order valence-corrected chi connectivity index (χ0v) is 14.4. The van der Waals surface area contributed by atoms with Crippen LogP contribution in [0.2, 0.25) is 0 Å². The number of fused-ring (bicyclic) bond motifs is 1. The van der Waals surface area contributed by atoms with E-state index < -0.39 is 7.12 Å². The maximum atomic E-state index is 9.75. The fraction of sp³-hybridized carbons (Fsp3) is 0.0556. The van der Waals surface area contributed by atoms with Crippen molar-refractivity contribution in [2.75, 3.05) is 12.8 Å². The number of nitrogen functional groups attached to an aromatic ring is 1. The van der Waals surface area contributed by atoms with Crippen LogP contribution in [-0.4, -0.2) is 44.4 Å². The van der Waals surface area contributed by atoms with E-state index in [1.54, 1.807) is 24.7 Å². The Balaban J connectivity index is 1.99. The highest BCUT2D eigenvalue weighted by molar-refractivity contribution is 6.60. The summed E-state index contributed by atoms with van der Waals surface area (Å²) in [6, 6.07) is 9.04. The molecule has 9 heteroatoms. The summed E-state index contributed by atoms with van der Waals surface area (Å²) < 4.78 is 5.33. The summed E-state index contributed by atoms with van der Waals surface area (Å²) in [6.07, 6.45) is 4.77. The van der Waals surface area contributed by atoms with Gasteiger partial charge in [-0.2, -0.15) is 10.2 Å². The summed E-state index contributed by atoms with van der Waals surface area (Å²) in [5.74, 6) is 0.364. The molecule has 8 nitrogen and oxygen atoms in total. The number of aromatic amines is 1. The summed E-state index contributed by atoms with van der Waals surface area (Å²) in [4.78, 5) is 7.14. The minimum atomic E-state index is -1.68. The largest absolute Gasteiger partial charge is 0.497 e. The number of hydrogen-bond donors (Lipinski definition) is 4. The number of aromatic nitrogens is 4. The first kappa shape index (κ1) is 17.0. The van der Waals surface area contributed by atoms with Crippen molar-refractivity contribution in [2.45, 2.75) is 0 Å². The number of rotatable bonds is 4. The van der Waals surface area contributed by atoms with Crippen LogP contribution >= 0.6 is 0 Å². The Labute approximate surface area is 154 Å². The number of imidazole rings is 1. The molecule has 134 valence electrons. The zero-order valence-electron chi connectivity index (χ0n) is 14.4. The van der Waals surface area contributed by atoms with Crippen molar-refractivity contribution in [3.05, 3.63) is 49.1 Å². The second-order valence-corrected chi connectivity index (χ2v) is 6.01. The minimum Gasteiger partial charge on any atom is -0.497 e. The molecule has 0 saturated carbocycles. The van der Waals surface area contributed by atoms with Gasteiger partial charge in [0.25, 0.3) is 0 Å². The fourth-order valence-corrected chi connectivity index (χ4v) is 3.09. The molecule has 2 aromatic heterocycles. The Morgan fingerprint density at radius 2 is 1.96 bits per heavy atom. The van der Waals surface area contributed by atoms with E-state index in [-0.39, 0.29) is 5.46 Å². The van der Waals surface area contributed by atoms with Gasteiger partial charge in [-0.15, -0.1) is 0 Å². The van der Waals surface area contributed by atoms with E-state index in [9.17, 15) is 10.0 Å². The number of nitrogens with two attached hydrogens (primary N) is 1. The summed E-state index contributed by atoms with van der Waals surface area (Å²) in [5, 5.41) is 28.3. The van der Waals surface area contributed by atoms with Gasteiger partial charge in [0.1, 0.15) is 5.75 Å². The number of benzene rings is 2. The van der Waals surface area contributed by atoms with Crippen molar-refractivity contribution in [3.63, 3.8) is 0 Å². The lowest BCUT2D eigenvalue weighted by Crippen LogP contribution is -2.31. The van der Waals surface area contributed by atoms with Crippen LogP contribution in [0.25, 0.3) is 33.3 Å². The average Bonchev–Trinajstić information content (AvgIpc) is 3.21. The highest BCUT2D eigenvalue weighted by atomic mass is 16.5. The van der Waals surface area contributed by atoms with Gasteiger partial charge >= 0.3 is 7.12 Å². The molecule has 4 aromatic rings. The normalized spacial score (nSPS) is 10.9. The smallest absolute Gasteiger partial charge is 0.492 e. The Morgan fingerprint density at radius 1 is 1.11 bits per heavy atom. The molecule has 0 atom stereocenters. The molecule has 0 saturated heterocycles. The van der Waals surface area contributed by atoms with Crippen LogP contribution in [0, 0.1) is 0 Å². The first-order valence-electron chi connectivity index (χ1n) is 8.16.